The maximum atomic E-state index is 12.0. The van der Waals surface area contributed by atoms with Gasteiger partial charge >= 0.3 is 5.97 Å². The molecule has 2 aromatic carbocycles. The van der Waals surface area contributed by atoms with Crippen LogP contribution < -0.4 is 10.6 Å². The van der Waals surface area contributed by atoms with Crippen molar-refractivity contribution in [2.45, 2.75) is 25.3 Å². The van der Waals surface area contributed by atoms with Crippen LogP contribution in [0.3, 0.4) is 0 Å². The van der Waals surface area contributed by atoms with Crippen LogP contribution in [0.1, 0.15) is 17.5 Å². The van der Waals surface area contributed by atoms with Gasteiger partial charge in [0.15, 0.2) is 0 Å². The minimum atomic E-state index is -1.09. The fraction of sp³-hybridized carbons (Fsp3) is 0.250. The molecule has 0 aromatic heterocycles. The summed E-state index contributed by atoms with van der Waals surface area (Å²) in [6.45, 7) is 0.162. The molecule has 0 saturated heterocycles. The maximum Gasteiger partial charge on any atom is 0.326 e. The second-order valence-electron chi connectivity index (χ2n) is 5.91. The van der Waals surface area contributed by atoms with Crippen LogP contribution in [0, 0.1) is 0 Å². The Balaban J connectivity index is 1.74. The standard InChI is InChI=1S/C20H22N2O4/c23-18(11-12-21-19(24)14-16-9-5-2-6-10-16)22-17(20(25)26)13-15-7-3-1-4-8-15/h1-10,17H,11-14H2,(H,21,24)(H,22,23)(H,25,26). The molecule has 1 atom stereocenters. The lowest BCUT2D eigenvalue weighted by molar-refractivity contribution is -0.141. The van der Waals surface area contributed by atoms with Crippen LogP contribution in [-0.2, 0) is 27.2 Å². The van der Waals surface area contributed by atoms with E-state index in [0.29, 0.717) is 0 Å². The van der Waals surface area contributed by atoms with E-state index in [-0.39, 0.29) is 31.7 Å². The van der Waals surface area contributed by atoms with Gasteiger partial charge in [-0.05, 0) is 11.1 Å². The molecule has 6 nitrogen and oxygen atoms in total. The zero-order valence-corrected chi connectivity index (χ0v) is 14.4. The van der Waals surface area contributed by atoms with Crippen molar-refractivity contribution in [1.29, 1.82) is 0 Å². The largest absolute Gasteiger partial charge is 0.480 e. The van der Waals surface area contributed by atoms with Crippen molar-refractivity contribution in [3.63, 3.8) is 0 Å². The van der Waals surface area contributed by atoms with Crippen LogP contribution in [0.5, 0.6) is 0 Å². The van der Waals surface area contributed by atoms with Gasteiger partial charge < -0.3 is 15.7 Å². The molecular weight excluding hydrogens is 332 g/mol. The first-order valence-electron chi connectivity index (χ1n) is 8.41. The van der Waals surface area contributed by atoms with Gasteiger partial charge in [-0.15, -0.1) is 0 Å². The summed E-state index contributed by atoms with van der Waals surface area (Å²) >= 11 is 0. The summed E-state index contributed by atoms with van der Waals surface area (Å²) < 4.78 is 0. The average molecular weight is 354 g/mol. The summed E-state index contributed by atoms with van der Waals surface area (Å²) in [5.74, 6) is -1.67. The van der Waals surface area contributed by atoms with Crippen LogP contribution in [0.15, 0.2) is 60.7 Å². The number of nitrogens with one attached hydrogen (secondary N) is 2. The fourth-order valence-corrected chi connectivity index (χ4v) is 2.48. The Morgan fingerprint density at radius 1 is 0.846 bits per heavy atom. The van der Waals surface area contributed by atoms with E-state index in [1.807, 2.05) is 60.7 Å². The highest BCUT2D eigenvalue weighted by Gasteiger charge is 2.20. The van der Waals surface area contributed by atoms with E-state index in [0.717, 1.165) is 11.1 Å². The van der Waals surface area contributed by atoms with Crippen LogP contribution in [0.4, 0.5) is 0 Å². The maximum absolute atomic E-state index is 12.0. The Kier molecular flexibility index (Phi) is 7.36. The Labute approximate surface area is 152 Å². The van der Waals surface area contributed by atoms with Gasteiger partial charge in [0, 0.05) is 19.4 Å². The van der Waals surface area contributed by atoms with Gasteiger partial charge in [0.05, 0.1) is 6.42 Å². The molecule has 1 unspecified atom stereocenters. The van der Waals surface area contributed by atoms with E-state index in [1.54, 1.807) is 0 Å². The first-order valence-corrected chi connectivity index (χ1v) is 8.41. The van der Waals surface area contributed by atoms with E-state index in [2.05, 4.69) is 10.6 Å². The third-order valence-corrected chi connectivity index (χ3v) is 3.80. The molecule has 0 radical (unpaired) electrons. The molecule has 2 rings (SSSR count). The van der Waals surface area contributed by atoms with E-state index in [1.165, 1.54) is 0 Å². The zero-order valence-electron chi connectivity index (χ0n) is 14.4. The number of hydrogen-bond acceptors (Lipinski definition) is 3. The Hall–Kier alpha value is -3.15. The monoisotopic (exact) mass is 354 g/mol. The highest BCUT2D eigenvalue weighted by atomic mass is 16.4. The predicted molar refractivity (Wildman–Crippen MR) is 97.5 cm³/mol. The molecule has 0 heterocycles. The van der Waals surface area contributed by atoms with Gasteiger partial charge in [-0.3, -0.25) is 9.59 Å². The normalized spacial score (nSPS) is 11.4. The van der Waals surface area contributed by atoms with Gasteiger partial charge in [-0.2, -0.15) is 0 Å². The van der Waals surface area contributed by atoms with Crippen molar-refractivity contribution < 1.29 is 19.5 Å². The molecule has 0 aliphatic rings. The minimum absolute atomic E-state index is 0.0269. The number of rotatable bonds is 9. The second-order valence-corrected chi connectivity index (χ2v) is 5.91. The molecule has 0 aliphatic carbocycles. The van der Waals surface area contributed by atoms with Crippen molar-refractivity contribution >= 4 is 17.8 Å². The van der Waals surface area contributed by atoms with Crippen molar-refractivity contribution in [1.82, 2.24) is 10.6 Å². The lowest BCUT2D eigenvalue weighted by Crippen LogP contribution is -2.43. The zero-order chi connectivity index (χ0) is 18.8. The number of hydrogen-bond donors (Lipinski definition) is 3. The Morgan fingerprint density at radius 2 is 1.42 bits per heavy atom. The number of carboxylic acids is 1. The quantitative estimate of drug-likeness (QED) is 0.637. The molecular formula is C20H22N2O4. The molecule has 0 spiro atoms. The first kappa shape index (κ1) is 19.2. The number of carbonyl (C=O) groups is 3. The lowest BCUT2D eigenvalue weighted by Gasteiger charge is -2.15. The van der Waals surface area contributed by atoms with Crippen LogP contribution in [0.2, 0.25) is 0 Å². The lowest BCUT2D eigenvalue weighted by atomic mass is 10.1. The second kappa shape index (κ2) is 9.98. The van der Waals surface area contributed by atoms with Crippen molar-refractivity contribution in [2.24, 2.45) is 0 Å². The van der Waals surface area contributed by atoms with Crippen LogP contribution in [0.25, 0.3) is 0 Å². The van der Waals surface area contributed by atoms with Crippen LogP contribution >= 0.6 is 0 Å². The molecule has 136 valence electrons. The van der Waals surface area contributed by atoms with E-state index in [4.69, 9.17) is 0 Å². The summed E-state index contributed by atoms with van der Waals surface area (Å²) in [5.41, 5.74) is 1.72. The number of amides is 2. The van der Waals surface area contributed by atoms with Gasteiger partial charge in [0.2, 0.25) is 11.8 Å². The van der Waals surface area contributed by atoms with Crippen molar-refractivity contribution in [3.8, 4) is 0 Å². The van der Waals surface area contributed by atoms with Crippen molar-refractivity contribution in [2.75, 3.05) is 6.54 Å². The van der Waals surface area contributed by atoms with Gasteiger partial charge in [0.1, 0.15) is 6.04 Å². The average Bonchev–Trinajstić information content (AvgIpc) is 2.63. The fourth-order valence-electron chi connectivity index (χ4n) is 2.48. The molecule has 0 fully saturated rings. The third kappa shape index (κ3) is 6.76. The summed E-state index contributed by atoms with van der Waals surface area (Å²) in [5, 5.41) is 14.4. The van der Waals surface area contributed by atoms with Crippen LogP contribution in [-0.4, -0.2) is 35.5 Å². The SMILES string of the molecule is O=C(Cc1ccccc1)NCCC(=O)NC(Cc1ccccc1)C(=O)O. The highest BCUT2D eigenvalue weighted by molar-refractivity contribution is 5.84. The number of carbonyl (C=O) groups excluding carboxylic acids is 2. The molecule has 26 heavy (non-hydrogen) atoms. The third-order valence-electron chi connectivity index (χ3n) is 3.80. The number of carboxylic acid groups (broad SMARTS) is 1. The predicted octanol–water partition coefficient (Wildman–Crippen LogP) is 1.55. The van der Waals surface area contributed by atoms with Crippen molar-refractivity contribution in [3.05, 3.63) is 71.8 Å². The molecule has 3 N–H and O–H groups in total. The summed E-state index contributed by atoms with van der Waals surface area (Å²) in [7, 11) is 0. The summed E-state index contributed by atoms with van der Waals surface area (Å²) in [6, 6.07) is 17.4. The molecule has 0 saturated carbocycles. The number of aliphatic carboxylic acids is 1. The Bertz CT molecular complexity index is 732. The van der Waals surface area contributed by atoms with Gasteiger partial charge in [-0.1, -0.05) is 60.7 Å². The van der Waals surface area contributed by atoms with Gasteiger partial charge in [0.25, 0.3) is 0 Å². The number of benzene rings is 2. The summed E-state index contributed by atoms with van der Waals surface area (Å²) in [6.07, 6.45) is 0.482. The molecule has 2 amide bonds. The molecule has 6 heteroatoms. The minimum Gasteiger partial charge on any atom is -0.480 e. The summed E-state index contributed by atoms with van der Waals surface area (Å²) in [4.78, 5) is 35.1. The van der Waals surface area contributed by atoms with E-state index >= 15 is 0 Å². The molecule has 0 aliphatic heterocycles. The smallest absolute Gasteiger partial charge is 0.326 e. The van der Waals surface area contributed by atoms with E-state index < -0.39 is 17.9 Å². The Morgan fingerprint density at radius 3 is 2.00 bits per heavy atom. The molecule has 0 bridgehead atoms. The van der Waals surface area contributed by atoms with E-state index in [9.17, 15) is 19.5 Å². The highest BCUT2D eigenvalue weighted by Crippen LogP contribution is 2.04. The topological polar surface area (TPSA) is 95.5 Å². The van der Waals surface area contributed by atoms with Gasteiger partial charge in [-0.25, -0.2) is 4.79 Å². The first-order chi connectivity index (χ1) is 12.5. The molecule has 2 aromatic rings.